The van der Waals surface area contributed by atoms with Crippen molar-refractivity contribution in [2.45, 2.75) is 13.5 Å². The van der Waals surface area contributed by atoms with Gasteiger partial charge in [0.2, 0.25) is 5.88 Å². The summed E-state index contributed by atoms with van der Waals surface area (Å²) in [6, 6.07) is 11.7. The molecule has 138 valence electrons. The molecule has 1 aliphatic heterocycles. The quantitative estimate of drug-likeness (QED) is 0.558. The molecule has 1 aromatic carbocycles. The Morgan fingerprint density at radius 1 is 1.23 bits per heavy atom. The summed E-state index contributed by atoms with van der Waals surface area (Å²) in [5, 5.41) is 1.77. The molecule has 1 aliphatic rings. The van der Waals surface area contributed by atoms with Crippen LogP contribution in [0.3, 0.4) is 0 Å². The Morgan fingerprint density at radius 3 is 2.69 bits per heavy atom. The Bertz CT molecular complexity index is 775. The summed E-state index contributed by atoms with van der Waals surface area (Å²) in [4.78, 5) is 9.42. The number of ether oxygens (including phenoxy) is 1. The minimum absolute atomic E-state index is 0.471. The van der Waals surface area contributed by atoms with Gasteiger partial charge in [0.05, 0.1) is 0 Å². The molecule has 0 aliphatic carbocycles. The smallest absolute Gasteiger partial charge is 0.215 e. The molecule has 0 spiro atoms. The van der Waals surface area contributed by atoms with Gasteiger partial charge in [0.25, 0.3) is 0 Å². The van der Waals surface area contributed by atoms with E-state index in [-0.39, 0.29) is 0 Å². The van der Waals surface area contributed by atoms with Gasteiger partial charge in [0, 0.05) is 43.8 Å². The van der Waals surface area contributed by atoms with E-state index in [0.717, 1.165) is 54.4 Å². The van der Waals surface area contributed by atoms with Gasteiger partial charge in [-0.15, -0.1) is 9.24 Å². The lowest BCUT2D eigenvalue weighted by atomic mass is 10.2. The van der Waals surface area contributed by atoms with E-state index in [1.165, 1.54) is 5.57 Å². The Balaban J connectivity index is 1.59. The number of pyridine rings is 1. The molecular weight excluding hydrogens is 365 g/mol. The van der Waals surface area contributed by atoms with E-state index >= 15 is 0 Å². The van der Waals surface area contributed by atoms with Crippen molar-refractivity contribution >= 4 is 32.0 Å². The van der Waals surface area contributed by atoms with Gasteiger partial charge in [0.15, 0.2) is 0 Å². The molecule has 0 amide bonds. The predicted octanol–water partition coefficient (Wildman–Crippen LogP) is 3.51. The highest BCUT2D eigenvalue weighted by molar-refractivity contribution is 7.27. The lowest BCUT2D eigenvalue weighted by molar-refractivity contribution is 0.276. The van der Waals surface area contributed by atoms with E-state index in [1.807, 2.05) is 36.4 Å². The SMILES string of the molecule is C=C(C)CN1CCN(c2cccc(OCc3ccc(Cl)cc3P)n2)CC1. The average Bonchev–Trinajstić information content (AvgIpc) is 2.61. The molecule has 0 bridgehead atoms. The van der Waals surface area contributed by atoms with Crippen molar-refractivity contribution in [2.24, 2.45) is 0 Å². The van der Waals surface area contributed by atoms with E-state index < -0.39 is 0 Å². The molecular formula is C20H25ClN3OP. The summed E-state index contributed by atoms with van der Waals surface area (Å²) in [5.74, 6) is 1.62. The third-order valence-electron chi connectivity index (χ3n) is 4.38. The third-order valence-corrected chi connectivity index (χ3v) is 5.15. The highest BCUT2D eigenvalue weighted by Gasteiger charge is 2.18. The number of rotatable bonds is 6. The Morgan fingerprint density at radius 2 is 2.00 bits per heavy atom. The molecule has 0 saturated carbocycles. The molecule has 1 atom stereocenters. The molecule has 2 heterocycles. The first-order valence-corrected chi connectivity index (χ1v) is 9.72. The second kappa shape index (κ2) is 8.85. The molecule has 2 aromatic rings. The summed E-state index contributed by atoms with van der Waals surface area (Å²) in [6.45, 7) is 11.5. The van der Waals surface area contributed by atoms with Gasteiger partial charge in [-0.2, -0.15) is 4.98 Å². The maximum atomic E-state index is 6.00. The lowest BCUT2D eigenvalue weighted by Gasteiger charge is -2.35. The second-order valence-electron chi connectivity index (χ2n) is 6.69. The molecule has 0 radical (unpaired) electrons. The second-order valence-corrected chi connectivity index (χ2v) is 7.74. The predicted molar refractivity (Wildman–Crippen MR) is 113 cm³/mol. The summed E-state index contributed by atoms with van der Waals surface area (Å²) < 4.78 is 5.90. The van der Waals surface area contributed by atoms with Gasteiger partial charge in [-0.05, 0) is 36.0 Å². The Hall–Kier alpha value is -1.61. The van der Waals surface area contributed by atoms with Crippen LogP contribution in [0.1, 0.15) is 12.5 Å². The highest BCUT2D eigenvalue weighted by Crippen LogP contribution is 2.19. The largest absolute Gasteiger partial charge is 0.473 e. The first-order chi connectivity index (χ1) is 12.5. The number of hydrogen-bond donors (Lipinski definition) is 0. The minimum Gasteiger partial charge on any atom is -0.473 e. The van der Waals surface area contributed by atoms with Crippen LogP contribution in [0, 0.1) is 0 Å². The van der Waals surface area contributed by atoms with Crippen LogP contribution >= 0.6 is 20.8 Å². The topological polar surface area (TPSA) is 28.6 Å². The zero-order valence-corrected chi connectivity index (χ0v) is 17.0. The van der Waals surface area contributed by atoms with E-state index in [4.69, 9.17) is 16.3 Å². The normalized spacial score (nSPS) is 15.1. The lowest BCUT2D eigenvalue weighted by Crippen LogP contribution is -2.47. The van der Waals surface area contributed by atoms with Crippen LogP contribution in [0.2, 0.25) is 5.02 Å². The van der Waals surface area contributed by atoms with Crippen LogP contribution in [0.4, 0.5) is 5.82 Å². The van der Waals surface area contributed by atoms with Crippen molar-refractivity contribution in [1.82, 2.24) is 9.88 Å². The van der Waals surface area contributed by atoms with Gasteiger partial charge in [0.1, 0.15) is 12.4 Å². The van der Waals surface area contributed by atoms with Crippen LogP contribution in [0.5, 0.6) is 5.88 Å². The summed E-state index contributed by atoms with van der Waals surface area (Å²) in [5.41, 5.74) is 2.29. The van der Waals surface area contributed by atoms with Crippen LogP contribution in [-0.2, 0) is 6.61 Å². The molecule has 1 aromatic heterocycles. The molecule has 4 nitrogen and oxygen atoms in total. The van der Waals surface area contributed by atoms with E-state index in [9.17, 15) is 0 Å². The van der Waals surface area contributed by atoms with Crippen molar-refractivity contribution in [3.05, 3.63) is 59.1 Å². The summed E-state index contributed by atoms with van der Waals surface area (Å²) in [6.07, 6.45) is 0. The average molecular weight is 390 g/mol. The zero-order chi connectivity index (χ0) is 18.5. The molecule has 26 heavy (non-hydrogen) atoms. The first-order valence-electron chi connectivity index (χ1n) is 8.77. The zero-order valence-electron chi connectivity index (χ0n) is 15.1. The van der Waals surface area contributed by atoms with Crippen LogP contribution in [0.15, 0.2) is 48.6 Å². The molecule has 0 N–H and O–H groups in total. The Labute approximate surface area is 163 Å². The molecule has 1 fully saturated rings. The number of hydrogen-bond acceptors (Lipinski definition) is 4. The number of piperazine rings is 1. The Kier molecular flexibility index (Phi) is 6.53. The van der Waals surface area contributed by atoms with Gasteiger partial charge in [-0.3, -0.25) is 4.90 Å². The van der Waals surface area contributed by atoms with Crippen molar-refractivity contribution in [3.63, 3.8) is 0 Å². The van der Waals surface area contributed by atoms with Crippen molar-refractivity contribution < 1.29 is 4.74 Å². The molecule has 6 heteroatoms. The van der Waals surface area contributed by atoms with Gasteiger partial charge < -0.3 is 9.64 Å². The van der Waals surface area contributed by atoms with Gasteiger partial charge >= 0.3 is 0 Å². The van der Waals surface area contributed by atoms with Crippen molar-refractivity contribution in [2.75, 3.05) is 37.6 Å². The number of aromatic nitrogens is 1. The van der Waals surface area contributed by atoms with Crippen LogP contribution < -0.4 is 14.9 Å². The number of halogens is 1. The fourth-order valence-corrected chi connectivity index (χ4v) is 3.67. The fraction of sp³-hybridized carbons (Fsp3) is 0.350. The van der Waals surface area contributed by atoms with Crippen LogP contribution in [0.25, 0.3) is 0 Å². The van der Waals surface area contributed by atoms with E-state index in [1.54, 1.807) is 0 Å². The molecule has 1 unspecified atom stereocenters. The van der Waals surface area contributed by atoms with Crippen molar-refractivity contribution in [1.29, 1.82) is 0 Å². The van der Waals surface area contributed by atoms with E-state index in [2.05, 4.69) is 37.5 Å². The molecule has 1 saturated heterocycles. The summed E-state index contributed by atoms with van der Waals surface area (Å²) >= 11 is 6.00. The molecule has 3 rings (SSSR count). The fourth-order valence-electron chi connectivity index (χ4n) is 3.03. The number of benzene rings is 1. The maximum Gasteiger partial charge on any atom is 0.215 e. The standard InChI is InChI=1S/C20H25ClN3OP/c1-15(2)13-23-8-10-24(11-9-23)19-4-3-5-20(22-19)25-14-16-6-7-17(21)12-18(16)26/h3-7,12H,1,8-11,13-14,26H2,2H3. The summed E-state index contributed by atoms with van der Waals surface area (Å²) in [7, 11) is 2.70. The first kappa shape index (κ1) is 19.2. The third kappa shape index (κ3) is 5.20. The monoisotopic (exact) mass is 389 g/mol. The van der Waals surface area contributed by atoms with Crippen molar-refractivity contribution in [3.8, 4) is 5.88 Å². The van der Waals surface area contributed by atoms with Gasteiger partial charge in [-0.25, -0.2) is 0 Å². The van der Waals surface area contributed by atoms with Gasteiger partial charge in [-0.1, -0.05) is 35.9 Å². The highest BCUT2D eigenvalue weighted by atomic mass is 35.5. The van der Waals surface area contributed by atoms with Crippen LogP contribution in [-0.4, -0.2) is 42.6 Å². The number of anilines is 1. The number of nitrogens with zero attached hydrogens (tertiary/aromatic N) is 3. The maximum absolute atomic E-state index is 6.00. The minimum atomic E-state index is 0.471. The van der Waals surface area contributed by atoms with E-state index in [0.29, 0.717) is 12.5 Å².